The highest BCUT2D eigenvalue weighted by molar-refractivity contribution is 6.15. The molecule has 0 atom stereocenters. The second-order valence-electron chi connectivity index (χ2n) is 18.3. The minimum absolute atomic E-state index is 0.524. The van der Waals surface area contributed by atoms with Crippen LogP contribution in [0.4, 0.5) is 34.1 Å². The summed E-state index contributed by atoms with van der Waals surface area (Å²) in [6.45, 7) is 4.25. The molecule has 13 rings (SSSR count). The van der Waals surface area contributed by atoms with E-state index in [0.717, 1.165) is 89.7 Å². The van der Waals surface area contributed by atoms with E-state index in [1.807, 2.05) is 36.4 Å². The Kier molecular flexibility index (Phi) is 10.1. The standard InChI is InChI=1S/C65H46N4O2/c1-43-33-37-51(38-34-43)68(49-29-17-7-18-30-49)55-41-53-57(61-59(55)66-63(70-61)45-21-9-3-10-22-45)58-54(65(53,47-25-13-5-14-26-47)48-27-15-6-16-28-48)42-56(60-62(58)71-64(67-60)46-23-11-4-12-24-46)69(50-31-19-8-20-32-50)52-39-35-44(2)36-40-52/h3-42H,1-2H3. The van der Waals surface area contributed by atoms with E-state index in [9.17, 15) is 0 Å². The van der Waals surface area contributed by atoms with Crippen LogP contribution in [0.2, 0.25) is 0 Å². The summed E-state index contributed by atoms with van der Waals surface area (Å²) in [6.07, 6.45) is 0. The van der Waals surface area contributed by atoms with Gasteiger partial charge in [0.2, 0.25) is 11.8 Å². The monoisotopic (exact) mass is 914 g/mol. The maximum absolute atomic E-state index is 7.36. The molecule has 0 fully saturated rings. The molecule has 0 N–H and O–H groups in total. The molecule has 6 heteroatoms. The van der Waals surface area contributed by atoms with Gasteiger partial charge in [0, 0.05) is 45.0 Å². The van der Waals surface area contributed by atoms with E-state index in [4.69, 9.17) is 18.8 Å². The second-order valence-corrected chi connectivity index (χ2v) is 18.3. The van der Waals surface area contributed by atoms with Crippen LogP contribution in [0.25, 0.3) is 56.2 Å². The molecule has 12 aromatic rings. The molecule has 0 spiro atoms. The van der Waals surface area contributed by atoms with Crippen LogP contribution in [0.1, 0.15) is 33.4 Å². The lowest BCUT2D eigenvalue weighted by Crippen LogP contribution is -2.29. The molecule has 338 valence electrons. The molecule has 2 heterocycles. The molecule has 0 aliphatic heterocycles. The molecule has 71 heavy (non-hydrogen) atoms. The highest BCUT2D eigenvalue weighted by Crippen LogP contribution is 2.63. The molecule has 6 nitrogen and oxygen atoms in total. The molecular formula is C65H46N4O2. The fourth-order valence-corrected chi connectivity index (χ4v) is 10.7. The predicted molar refractivity (Wildman–Crippen MR) is 289 cm³/mol. The number of fused-ring (bicyclic) bond motifs is 7. The topological polar surface area (TPSA) is 58.5 Å². The zero-order chi connectivity index (χ0) is 47.5. The van der Waals surface area contributed by atoms with Gasteiger partial charge in [0.1, 0.15) is 11.0 Å². The van der Waals surface area contributed by atoms with Gasteiger partial charge >= 0.3 is 0 Å². The number of anilines is 6. The minimum Gasteiger partial charge on any atom is -0.435 e. The summed E-state index contributed by atoms with van der Waals surface area (Å²) in [5.41, 5.74) is 17.8. The van der Waals surface area contributed by atoms with Crippen molar-refractivity contribution >= 4 is 56.3 Å². The Hall–Kier alpha value is -9.26. The summed E-state index contributed by atoms with van der Waals surface area (Å²) in [7, 11) is 0. The third-order valence-corrected chi connectivity index (χ3v) is 13.9. The number of aryl methyl sites for hydroxylation is 2. The van der Waals surface area contributed by atoms with Gasteiger partial charge < -0.3 is 18.6 Å². The van der Waals surface area contributed by atoms with Crippen molar-refractivity contribution < 1.29 is 8.83 Å². The highest BCUT2D eigenvalue weighted by atomic mass is 16.4. The molecule has 1 aliphatic rings. The van der Waals surface area contributed by atoms with Gasteiger partial charge in [0.15, 0.2) is 11.2 Å². The van der Waals surface area contributed by atoms with Crippen LogP contribution < -0.4 is 9.80 Å². The largest absolute Gasteiger partial charge is 0.435 e. The smallest absolute Gasteiger partial charge is 0.227 e. The van der Waals surface area contributed by atoms with Gasteiger partial charge in [-0.3, -0.25) is 0 Å². The van der Waals surface area contributed by atoms with Gasteiger partial charge in [-0.25, -0.2) is 9.97 Å². The number of oxazole rings is 2. The van der Waals surface area contributed by atoms with Crippen molar-refractivity contribution in [1.82, 2.24) is 9.97 Å². The molecule has 1 aliphatic carbocycles. The average Bonchev–Trinajstić information content (AvgIpc) is 4.16. The number of para-hydroxylation sites is 2. The molecule has 0 saturated heterocycles. The predicted octanol–water partition coefficient (Wildman–Crippen LogP) is 17.2. The normalized spacial score (nSPS) is 12.5. The van der Waals surface area contributed by atoms with Gasteiger partial charge in [-0.05, 0) is 121 Å². The average molecular weight is 915 g/mol. The molecular weight excluding hydrogens is 869 g/mol. The van der Waals surface area contributed by atoms with Gasteiger partial charge in [-0.2, -0.15) is 0 Å². The Morgan fingerprint density at radius 3 is 1.01 bits per heavy atom. The third kappa shape index (κ3) is 6.86. The zero-order valence-electron chi connectivity index (χ0n) is 39.2. The van der Waals surface area contributed by atoms with E-state index < -0.39 is 5.41 Å². The lowest BCUT2D eigenvalue weighted by Gasteiger charge is -2.35. The van der Waals surface area contributed by atoms with Crippen LogP contribution in [0.5, 0.6) is 0 Å². The lowest BCUT2D eigenvalue weighted by molar-refractivity contribution is 0.616. The number of benzene rings is 10. The van der Waals surface area contributed by atoms with Crippen molar-refractivity contribution in [2.24, 2.45) is 0 Å². The molecule has 0 unspecified atom stereocenters. The first-order valence-electron chi connectivity index (χ1n) is 24.1. The molecule has 10 aromatic carbocycles. The Morgan fingerprint density at radius 2 is 0.662 bits per heavy atom. The second kappa shape index (κ2) is 17.1. The Balaban J connectivity index is 1.24. The van der Waals surface area contributed by atoms with Crippen LogP contribution in [0.15, 0.2) is 251 Å². The first-order valence-corrected chi connectivity index (χ1v) is 24.1. The van der Waals surface area contributed by atoms with E-state index in [-0.39, 0.29) is 0 Å². The first kappa shape index (κ1) is 41.9. The maximum atomic E-state index is 7.36. The highest BCUT2D eigenvalue weighted by Gasteiger charge is 2.51. The summed E-state index contributed by atoms with van der Waals surface area (Å²) in [5, 5.41) is 0. The van der Waals surface area contributed by atoms with Crippen LogP contribution in [-0.4, -0.2) is 9.97 Å². The molecule has 2 aromatic heterocycles. The fraction of sp³-hybridized carbons (Fsp3) is 0.0462. The minimum atomic E-state index is -0.927. The quantitative estimate of drug-likeness (QED) is 0.136. The lowest BCUT2D eigenvalue weighted by atomic mass is 9.67. The Morgan fingerprint density at radius 1 is 0.352 bits per heavy atom. The van der Waals surface area contributed by atoms with Gasteiger partial charge in [0.05, 0.1) is 16.8 Å². The van der Waals surface area contributed by atoms with Crippen molar-refractivity contribution in [3.05, 3.63) is 276 Å². The van der Waals surface area contributed by atoms with Crippen molar-refractivity contribution in [2.75, 3.05) is 9.80 Å². The van der Waals surface area contributed by atoms with E-state index in [0.29, 0.717) is 22.9 Å². The summed E-state index contributed by atoms with van der Waals surface area (Å²) in [6, 6.07) is 85.5. The summed E-state index contributed by atoms with van der Waals surface area (Å²) in [5.74, 6) is 1.05. The van der Waals surface area contributed by atoms with Gasteiger partial charge in [-0.15, -0.1) is 0 Å². The fourth-order valence-electron chi connectivity index (χ4n) is 10.7. The van der Waals surface area contributed by atoms with E-state index in [1.165, 1.54) is 11.1 Å². The van der Waals surface area contributed by atoms with Crippen molar-refractivity contribution in [2.45, 2.75) is 19.3 Å². The summed E-state index contributed by atoms with van der Waals surface area (Å²) < 4.78 is 14.7. The number of hydrogen-bond acceptors (Lipinski definition) is 6. The zero-order valence-corrected chi connectivity index (χ0v) is 39.2. The van der Waals surface area contributed by atoms with Gasteiger partial charge in [-0.1, -0.05) is 169 Å². The summed E-state index contributed by atoms with van der Waals surface area (Å²) in [4.78, 5) is 15.7. The molecule has 0 saturated carbocycles. The van der Waals surface area contributed by atoms with E-state index >= 15 is 0 Å². The van der Waals surface area contributed by atoms with Gasteiger partial charge in [0.25, 0.3) is 0 Å². The van der Waals surface area contributed by atoms with E-state index in [2.05, 4.69) is 230 Å². The van der Waals surface area contributed by atoms with Crippen LogP contribution in [0, 0.1) is 13.8 Å². The van der Waals surface area contributed by atoms with Crippen LogP contribution >= 0.6 is 0 Å². The van der Waals surface area contributed by atoms with Crippen molar-refractivity contribution in [3.8, 4) is 34.0 Å². The molecule has 0 radical (unpaired) electrons. The SMILES string of the molecule is Cc1ccc(N(c2ccccc2)c2cc3c(c4oc(-c5ccccc5)nc24)-c2c(cc(N(c4ccccc4)c4ccc(C)cc4)c4nc(-c5ccccc5)oc24)C3(c2ccccc2)c2ccccc2)cc1. The third-order valence-electron chi connectivity index (χ3n) is 13.9. The van der Waals surface area contributed by atoms with Crippen LogP contribution in [0.3, 0.4) is 0 Å². The Labute approximate surface area is 412 Å². The maximum Gasteiger partial charge on any atom is 0.227 e. The van der Waals surface area contributed by atoms with Crippen LogP contribution in [-0.2, 0) is 5.41 Å². The molecule has 0 amide bonds. The number of rotatable bonds is 10. The summed E-state index contributed by atoms with van der Waals surface area (Å²) >= 11 is 0. The first-order chi connectivity index (χ1) is 35.0. The van der Waals surface area contributed by atoms with Crippen molar-refractivity contribution in [1.29, 1.82) is 0 Å². The van der Waals surface area contributed by atoms with E-state index in [1.54, 1.807) is 0 Å². The number of hydrogen-bond donors (Lipinski definition) is 0. The number of aromatic nitrogens is 2. The van der Waals surface area contributed by atoms with Crippen molar-refractivity contribution in [3.63, 3.8) is 0 Å². The number of nitrogens with zero attached hydrogens (tertiary/aromatic N) is 4. The molecule has 0 bridgehead atoms. The Bertz CT molecular complexity index is 3600.